The zero-order chi connectivity index (χ0) is 21.1. The van der Waals surface area contributed by atoms with Crippen molar-refractivity contribution in [2.45, 2.75) is 0 Å². The van der Waals surface area contributed by atoms with E-state index < -0.39 is 0 Å². The van der Waals surface area contributed by atoms with Gasteiger partial charge in [-0.05, 0) is 29.8 Å². The molecule has 7 nitrogen and oxygen atoms in total. The van der Waals surface area contributed by atoms with Gasteiger partial charge in [0.1, 0.15) is 11.4 Å². The molecule has 2 heterocycles. The molecule has 0 spiro atoms. The molecule has 0 aliphatic heterocycles. The Balaban J connectivity index is 1.79. The summed E-state index contributed by atoms with van der Waals surface area (Å²) in [4.78, 5) is 30.9. The third kappa shape index (κ3) is 3.48. The number of nitrogens with zero attached hydrogens (tertiary/aromatic N) is 1. The van der Waals surface area contributed by atoms with Crippen molar-refractivity contribution in [2.24, 2.45) is 0 Å². The van der Waals surface area contributed by atoms with Gasteiger partial charge in [0.05, 0.1) is 12.8 Å². The topological polar surface area (TPSA) is 96.1 Å². The van der Waals surface area contributed by atoms with E-state index in [1.165, 1.54) is 7.05 Å². The second-order valence-corrected chi connectivity index (χ2v) is 6.65. The number of hydrogen-bond donors (Lipinski definition) is 3. The lowest BCUT2D eigenvalue weighted by Crippen LogP contribution is -2.25. The normalized spacial score (nSPS) is 10.6. The van der Waals surface area contributed by atoms with Crippen LogP contribution in [-0.2, 0) is 0 Å². The molecule has 30 heavy (non-hydrogen) atoms. The Kier molecular flexibility index (Phi) is 5.17. The Morgan fingerprint density at radius 3 is 2.70 bits per heavy atom. The number of amides is 2. The molecule has 3 N–H and O–H groups in total. The van der Waals surface area contributed by atoms with Crippen LogP contribution in [0.5, 0.6) is 5.75 Å². The Bertz CT molecular complexity index is 1250. The first-order chi connectivity index (χ1) is 14.6. The third-order valence-electron chi connectivity index (χ3n) is 4.92. The first-order valence-corrected chi connectivity index (χ1v) is 9.33. The second-order valence-electron chi connectivity index (χ2n) is 6.65. The molecular formula is C23H20N4O3. The van der Waals surface area contributed by atoms with Gasteiger partial charge in [0.25, 0.3) is 0 Å². The van der Waals surface area contributed by atoms with Crippen LogP contribution in [0, 0.1) is 0 Å². The van der Waals surface area contributed by atoms with Gasteiger partial charge in [-0.15, -0.1) is 0 Å². The highest BCUT2D eigenvalue weighted by molar-refractivity contribution is 5.99. The molecule has 150 valence electrons. The van der Waals surface area contributed by atoms with Crippen molar-refractivity contribution in [3.8, 4) is 28.0 Å². The molecule has 4 aromatic rings. The zero-order valence-corrected chi connectivity index (χ0v) is 16.5. The van der Waals surface area contributed by atoms with E-state index in [1.807, 2.05) is 42.6 Å². The number of benzene rings is 2. The molecule has 0 aliphatic carbocycles. The van der Waals surface area contributed by atoms with Crippen molar-refractivity contribution in [1.82, 2.24) is 15.3 Å². The van der Waals surface area contributed by atoms with Crippen LogP contribution in [0.4, 0.5) is 10.5 Å². The van der Waals surface area contributed by atoms with Crippen LogP contribution in [0.25, 0.3) is 33.3 Å². The summed E-state index contributed by atoms with van der Waals surface area (Å²) in [7, 11) is 3.16. The van der Waals surface area contributed by atoms with E-state index in [0.29, 0.717) is 11.3 Å². The SMILES string of the molecule is CNC(=O)Nc1ccc(-c2cnc3[nH]cc(-c4ccccc4OC)c3c2)cc1C=O. The predicted octanol–water partition coefficient (Wildman–Crippen LogP) is 4.47. The van der Waals surface area contributed by atoms with Crippen molar-refractivity contribution >= 4 is 29.0 Å². The second kappa shape index (κ2) is 8.08. The van der Waals surface area contributed by atoms with Crippen LogP contribution in [0.1, 0.15) is 10.4 Å². The summed E-state index contributed by atoms with van der Waals surface area (Å²) in [5, 5.41) is 6.05. The standard InChI is InChI=1S/C23H20N4O3/c1-24-23(29)27-20-8-7-14(9-16(20)13-28)15-10-18-19(12-26-22(18)25-11-15)17-5-3-4-6-21(17)30-2/h3-13H,1-2H3,(H,25,26)(H2,24,27,29). The molecule has 2 amide bonds. The number of aromatic nitrogens is 2. The van der Waals surface area contributed by atoms with Gasteiger partial charge in [-0.2, -0.15) is 0 Å². The van der Waals surface area contributed by atoms with E-state index in [2.05, 4.69) is 20.6 Å². The number of nitrogens with one attached hydrogen (secondary N) is 3. The molecule has 2 aromatic heterocycles. The van der Waals surface area contributed by atoms with Crippen LogP contribution >= 0.6 is 0 Å². The summed E-state index contributed by atoms with van der Waals surface area (Å²) in [5.74, 6) is 0.775. The number of para-hydroxylation sites is 1. The lowest BCUT2D eigenvalue weighted by atomic mass is 10.00. The van der Waals surface area contributed by atoms with Gasteiger partial charge in [0.15, 0.2) is 6.29 Å². The van der Waals surface area contributed by atoms with Gasteiger partial charge in [-0.1, -0.05) is 24.3 Å². The smallest absolute Gasteiger partial charge is 0.318 e. The molecule has 0 fully saturated rings. The number of fused-ring (bicyclic) bond motifs is 1. The number of carbonyl (C=O) groups excluding carboxylic acids is 2. The maximum absolute atomic E-state index is 11.6. The summed E-state index contributed by atoms with van der Waals surface area (Å²) in [6.45, 7) is 0. The average Bonchev–Trinajstić information content (AvgIpc) is 3.22. The number of aldehydes is 1. The average molecular weight is 400 g/mol. The Morgan fingerprint density at radius 2 is 1.93 bits per heavy atom. The first kappa shape index (κ1) is 19.2. The number of carbonyl (C=O) groups is 2. The summed E-state index contributed by atoms with van der Waals surface area (Å²) in [5.41, 5.74) is 5.20. The zero-order valence-electron chi connectivity index (χ0n) is 16.5. The fourth-order valence-electron chi connectivity index (χ4n) is 3.39. The van der Waals surface area contributed by atoms with Crippen molar-refractivity contribution in [3.05, 3.63) is 66.5 Å². The quantitative estimate of drug-likeness (QED) is 0.431. The predicted molar refractivity (Wildman–Crippen MR) is 117 cm³/mol. The maximum Gasteiger partial charge on any atom is 0.318 e. The van der Waals surface area contributed by atoms with E-state index in [9.17, 15) is 9.59 Å². The van der Waals surface area contributed by atoms with E-state index >= 15 is 0 Å². The molecular weight excluding hydrogens is 380 g/mol. The van der Waals surface area contributed by atoms with E-state index in [0.717, 1.165) is 45.3 Å². The minimum atomic E-state index is -0.386. The molecule has 7 heteroatoms. The first-order valence-electron chi connectivity index (χ1n) is 9.33. The monoisotopic (exact) mass is 400 g/mol. The molecule has 0 unspecified atom stereocenters. The number of methoxy groups -OCH3 is 1. The fraction of sp³-hybridized carbons (Fsp3) is 0.0870. The van der Waals surface area contributed by atoms with Gasteiger partial charge in [-0.25, -0.2) is 9.78 Å². The summed E-state index contributed by atoms with van der Waals surface area (Å²) < 4.78 is 5.50. The highest BCUT2D eigenvalue weighted by atomic mass is 16.5. The van der Waals surface area contributed by atoms with E-state index in [1.54, 1.807) is 25.4 Å². The van der Waals surface area contributed by atoms with Crippen LogP contribution in [-0.4, -0.2) is 36.4 Å². The molecule has 2 aromatic carbocycles. The number of hydrogen-bond acceptors (Lipinski definition) is 4. The fourth-order valence-corrected chi connectivity index (χ4v) is 3.39. The number of anilines is 1. The number of aromatic amines is 1. The Labute approximate surface area is 173 Å². The summed E-state index contributed by atoms with van der Waals surface area (Å²) >= 11 is 0. The lowest BCUT2D eigenvalue weighted by Gasteiger charge is -2.10. The molecule has 4 rings (SSSR count). The number of rotatable bonds is 5. The van der Waals surface area contributed by atoms with Crippen molar-refractivity contribution < 1.29 is 14.3 Å². The largest absolute Gasteiger partial charge is 0.496 e. The molecule has 0 saturated heterocycles. The van der Waals surface area contributed by atoms with Gasteiger partial charge >= 0.3 is 6.03 Å². The number of H-pyrrole nitrogens is 1. The number of ether oxygens (including phenoxy) is 1. The van der Waals surface area contributed by atoms with Gasteiger partial charge in [-0.3, -0.25) is 4.79 Å². The summed E-state index contributed by atoms with van der Waals surface area (Å²) in [6, 6.07) is 14.7. The van der Waals surface area contributed by atoms with Crippen molar-refractivity contribution in [3.63, 3.8) is 0 Å². The molecule has 0 bridgehead atoms. The highest BCUT2D eigenvalue weighted by Crippen LogP contribution is 2.36. The number of pyridine rings is 1. The number of urea groups is 1. The molecule has 0 aliphatic rings. The third-order valence-corrected chi connectivity index (χ3v) is 4.92. The minimum absolute atomic E-state index is 0.384. The van der Waals surface area contributed by atoms with Crippen LogP contribution in [0.3, 0.4) is 0 Å². The molecule has 0 atom stereocenters. The van der Waals surface area contributed by atoms with E-state index in [-0.39, 0.29) is 6.03 Å². The van der Waals surface area contributed by atoms with Crippen LogP contribution < -0.4 is 15.4 Å². The minimum Gasteiger partial charge on any atom is -0.496 e. The Hall–Kier alpha value is -4.13. The van der Waals surface area contributed by atoms with Gasteiger partial charge in [0.2, 0.25) is 0 Å². The van der Waals surface area contributed by atoms with E-state index in [4.69, 9.17) is 4.74 Å². The lowest BCUT2D eigenvalue weighted by molar-refractivity contribution is 0.112. The van der Waals surface area contributed by atoms with Crippen molar-refractivity contribution in [2.75, 3.05) is 19.5 Å². The molecule has 0 radical (unpaired) electrons. The highest BCUT2D eigenvalue weighted by Gasteiger charge is 2.13. The van der Waals surface area contributed by atoms with Crippen molar-refractivity contribution in [1.29, 1.82) is 0 Å². The van der Waals surface area contributed by atoms with Crippen LogP contribution in [0.2, 0.25) is 0 Å². The summed E-state index contributed by atoms with van der Waals surface area (Å²) in [6.07, 6.45) is 4.38. The van der Waals surface area contributed by atoms with Gasteiger partial charge < -0.3 is 20.4 Å². The van der Waals surface area contributed by atoms with Crippen LogP contribution in [0.15, 0.2) is 60.9 Å². The molecule has 0 saturated carbocycles. The maximum atomic E-state index is 11.6. The van der Waals surface area contributed by atoms with Gasteiger partial charge in [0, 0.05) is 47.1 Å². The Morgan fingerprint density at radius 1 is 1.10 bits per heavy atom.